The van der Waals surface area contributed by atoms with Crippen molar-refractivity contribution in [2.75, 3.05) is 11.9 Å². The molecule has 0 unspecified atom stereocenters. The highest BCUT2D eigenvalue weighted by Gasteiger charge is 2.32. The number of rotatable bonds is 10. The molecular weight excluding hydrogens is 503 g/mol. The number of nitrogens with one attached hydrogen (secondary N) is 1. The number of hydrogen-bond acceptors (Lipinski definition) is 8. The van der Waals surface area contributed by atoms with Crippen LogP contribution in [0.5, 0.6) is 0 Å². The molecule has 1 aliphatic rings. The number of carbonyl (C=O) groups is 1. The number of anilines is 1. The lowest BCUT2D eigenvalue weighted by Gasteiger charge is -2.34. The molecule has 0 bridgehead atoms. The summed E-state index contributed by atoms with van der Waals surface area (Å²) in [6, 6.07) is 8.78. The van der Waals surface area contributed by atoms with Crippen molar-refractivity contribution >= 4 is 19.4 Å². The Morgan fingerprint density at radius 1 is 1.24 bits per heavy atom. The van der Waals surface area contributed by atoms with Crippen LogP contribution in [0.3, 0.4) is 0 Å². The predicted octanol–water partition coefficient (Wildman–Crippen LogP) is 3.46. The van der Waals surface area contributed by atoms with Crippen molar-refractivity contribution in [1.29, 1.82) is 0 Å². The molecule has 5 rings (SSSR count). The number of phosphoric ester groups is 1. The summed E-state index contributed by atoms with van der Waals surface area (Å²) in [6.45, 7) is 2.20. The van der Waals surface area contributed by atoms with E-state index in [4.69, 9.17) is 24.0 Å². The van der Waals surface area contributed by atoms with Gasteiger partial charge in [0.05, 0.1) is 35.3 Å². The molecular formula is C23H25N6O7P. The lowest BCUT2D eigenvalue weighted by Crippen LogP contribution is -2.33. The maximum atomic E-state index is 13.1. The number of aromatic nitrogens is 5. The minimum atomic E-state index is -4.63. The van der Waals surface area contributed by atoms with Gasteiger partial charge >= 0.3 is 7.82 Å². The van der Waals surface area contributed by atoms with E-state index in [2.05, 4.69) is 19.9 Å². The summed E-state index contributed by atoms with van der Waals surface area (Å²) in [7, 11) is -4.63. The Labute approximate surface area is 211 Å². The van der Waals surface area contributed by atoms with Gasteiger partial charge in [-0.3, -0.25) is 19.0 Å². The summed E-state index contributed by atoms with van der Waals surface area (Å²) in [5.74, 6) is -0.0559. The smallest absolute Gasteiger partial charge is 0.451 e. The second-order valence-electron chi connectivity index (χ2n) is 8.42. The molecule has 3 N–H and O–H groups in total. The summed E-state index contributed by atoms with van der Waals surface area (Å²) >= 11 is 0. The molecule has 1 amide bonds. The highest BCUT2D eigenvalue weighted by atomic mass is 31.2. The Balaban J connectivity index is 1.32. The molecule has 0 atom stereocenters. The average molecular weight is 528 g/mol. The SMILES string of the molecule is CCO[C@H]1C[C@H](n2cc(NC(=O)c3ccc(-c4cnn(COP(=O)(O)O)c4)o3)c(-c3ccccn3)n2)C1. The Kier molecular flexibility index (Phi) is 7.04. The molecule has 37 heavy (non-hydrogen) atoms. The van der Waals surface area contributed by atoms with E-state index in [0.29, 0.717) is 35.0 Å². The minimum Gasteiger partial charge on any atom is -0.451 e. The topological polar surface area (TPSA) is 167 Å². The van der Waals surface area contributed by atoms with Gasteiger partial charge < -0.3 is 24.3 Å². The molecule has 0 saturated heterocycles. The number of furan rings is 1. The lowest BCUT2D eigenvalue weighted by atomic mass is 9.89. The zero-order valence-electron chi connectivity index (χ0n) is 19.8. The number of amides is 1. The summed E-state index contributed by atoms with van der Waals surface area (Å²) in [5.41, 5.74) is 2.18. The van der Waals surface area contributed by atoms with Gasteiger partial charge in [-0.05, 0) is 44.0 Å². The molecule has 13 nitrogen and oxygen atoms in total. The number of carbonyl (C=O) groups excluding carboxylic acids is 1. The standard InChI is InChI=1S/C23H25N6O7P/c1-2-34-17-9-16(10-17)29-13-19(22(27-29)18-5-3-4-8-24-18)26-23(30)21-7-6-20(36-21)15-11-25-28(12-15)14-35-37(31,32)33/h3-8,11-13,16-17H,2,9-10,14H2,1H3,(H,26,30)(H2,31,32,33)/t16-,17-. The largest absolute Gasteiger partial charge is 0.471 e. The lowest BCUT2D eigenvalue weighted by molar-refractivity contribution is -0.0226. The first kappa shape index (κ1) is 25.1. The van der Waals surface area contributed by atoms with Crippen molar-refractivity contribution in [3.05, 3.63) is 60.9 Å². The molecule has 1 fully saturated rings. The molecule has 1 saturated carbocycles. The molecule has 4 aromatic rings. The summed E-state index contributed by atoms with van der Waals surface area (Å²) in [4.78, 5) is 35.1. The van der Waals surface area contributed by atoms with E-state index < -0.39 is 20.5 Å². The summed E-state index contributed by atoms with van der Waals surface area (Å²) < 4.78 is 29.7. The Bertz CT molecular complexity index is 1420. The fourth-order valence-electron chi connectivity index (χ4n) is 3.98. The molecule has 0 aromatic carbocycles. The van der Waals surface area contributed by atoms with Crippen LogP contribution in [0.25, 0.3) is 22.7 Å². The quantitative estimate of drug-likeness (QED) is 0.259. The number of phosphoric acid groups is 1. The van der Waals surface area contributed by atoms with Gasteiger partial charge in [0.2, 0.25) is 0 Å². The Morgan fingerprint density at radius 2 is 2.08 bits per heavy atom. The maximum Gasteiger partial charge on any atom is 0.471 e. The third-order valence-corrected chi connectivity index (χ3v) is 6.29. The van der Waals surface area contributed by atoms with Crippen LogP contribution in [0, 0.1) is 0 Å². The van der Waals surface area contributed by atoms with E-state index in [0.717, 1.165) is 12.8 Å². The monoisotopic (exact) mass is 528 g/mol. The summed E-state index contributed by atoms with van der Waals surface area (Å²) in [5, 5.41) is 11.6. The van der Waals surface area contributed by atoms with Crippen LogP contribution in [-0.2, 0) is 20.6 Å². The van der Waals surface area contributed by atoms with E-state index in [9.17, 15) is 9.36 Å². The molecule has 0 spiro atoms. The van der Waals surface area contributed by atoms with Gasteiger partial charge in [0.25, 0.3) is 5.91 Å². The first-order valence-electron chi connectivity index (χ1n) is 11.6. The maximum absolute atomic E-state index is 13.1. The van der Waals surface area contributed by atoms with Crippen LogP contribution in [0.15, 0.2) is 59.5 Å². The highest BCUT2D eigenvalue weighted by Crippen LogP contribution is 2.37. The van der Waals surface area contributed by atoms with E-state index in [1.165, 1.54) is 23.1 Å². The van der Waals surface area contributed by atoms with Crippen LogP contribution in [0.2, 0.25) is 0 Å². The minimum absolute atomic E-state index is 0.0639. The predicted molar refractivity (Wildman–Crippen MR) is 130 cm³/mol. The average Bonchev–Trinajstić information content (AvgIpc) is 3.59. The zero-order valence-corrected chi connectivity index (χ0v) is 20.7. The fourth-order valence-corrected chi connectivity index (χ4v) is 4.25. The molecule has 1 aliphatic carbocycles. The molecule has 0 aliphatic heterocycles. The van der Waals surface area contributed by atoms with Crippen molar-refractivity contribution in [2.45, 2.75) is 38.6 Å². The first-order valence-corrected chi connectivity index (χ1v) is 13.1. The molecule has 0 radical (unpaired) electrons. The van der Waals surface area contributed by atoms with Gasteiger partial charge in [0, 0.05) is 25.2 Å². The first-order chi connectivity index (χ1) is 17.8. The van der Waals surface area contributed by atoms with E-state index in [-0.39, 0.29) is 17.9 Å². The second kappa shape index (κ2) is 10.4. The third-order valence-electron chi connectivity index (χ3n) is 5.84. The van der Waals surface area contributed by atoms with Crippen LogP contribution in [-0.4, -0.2) is 52.9 Å². The third kappa shape index (κ3) is 5.87. The summed E-state index contributed by atoms with van der Waals surface area (Å²) in [6.07, 6.45) is 8.28. The molecule has 4 heterocycles. The Morgan fingerprint density at radius 3 is 2.81 bits per heavy atom. The van der Waals surface area contributed by atoms with Gasteiger partial charge in [0.15, 0.2) is 12.5 Å². The normalized spacial score (nSPS) is 17.5. The van der Waals surface area contributed by atoms with Crippen LogP contribution in [0.4, 0.5) is 5.69 Å². The number of pyridine rings is 1. The van der Waals surface area contributed by atoms with Crippen molar-refractivity contribution in [1.82, 2.24) is 24.5 Å². The van der Waals surface area contributed by atoms with Crippen molar-refractivity contribution in [3.8, 4) is 22.7 Å². The van der Waals surface area contributed by atoms with Gasteiger partial charge in [-0.25, -0.2) is 9.25 Å². The van der Waals surface area contributed by atoms with E-state index in [1.54, 1.807) is 18.5 Å². The van der Waals surface area contributed by atoms with E-state index in [1.807, 2.05) is 29.8 Å². The number of hydrogen-bond donors (Lipinski definition) is 3. The van der Waals surface area contributed by atoms with Crippen LogP contribution in [0.1, 0.15) is 36.4 Å². The number of ether oxygens (including phenoxy) is 1. The van der Waals surface area contributed by atoms with Gasteiger partial charge in [-0.1, -0.05) is 6.07 Å². The van der Waals surface area contributed by atoms with Crippen molar-refractivity contribution in [3.63, 3.8) is 0 Å². The second-order valence-corrected chi connectivity index (χ2v) is 9.66. The zero-order chi connectivity index (χ0) is 26.0. The van der Waals surface area contributed by atoms with Gasteiger partial charge in [-0.2, -0.15) is 10.2 Å². The van der Waals surface area contributed by atoms with E-state index >= 15 is 0 Å². The highest BCUT2D eigenvalue weighted by molar-refractivity contribution is 7.46. The molecule has 194 valence electrons. The van der Waals surface area contributed by atoms with Gasteiger partial charge in [0.1, 0.15) is 11.5 Å². The van der Waals surface area contributed by atoms with Crippen molar-refractivity contribution < 1.29 is 32.8 Å². The fraction of sp³-hybridized carbons (Fsp3) is 0.304. The van der Waals surface area contributed by atoms with Gasteiger partial charge in [-0.15, -0.1) is 0 Å². The molecule has 14 heteroatoms. The van der Waals surface area contributed by atoms with Crippen LogP contribution >= 0.6 is 7.82 Å². The van der Waals surface area contributed by atoms with Crippen molar-refractivity contribution in [2.24, 2.45) is 0 Å². The number of nitrogens with zero attached hydrogens (tertiary/aromatic N) is 5. The molecule has 4 aromatic heterocycles. The Hall–Kier alpha value is -3.61. The van der Waals surface area contributed by atoms with Crippen LogP contribution < -0.4 is 5.32 Å².